The van der Waals surface area contributed by atoms with Crippen molar-refractivity contribution in [3.8, 4) is 11.5 Å². The Kier molecular flexibility index (Phi) is 4.91. The molecule has 150 valence electrons. The van der Waals surface area contributed by atoms with Gasteiger partial charge in [-0.25, -0.2) is 0 Å². The van der Waals surface area contributed by atoms with Gasteiger partial charge in [0.2, 0.25) is 6.10 Å². The monoisotopic (exact) mass is 395 g/mol. The van der Waals surface area contributed by atoms with E-state index in [-0.39, 0.29) is 25.6 Å². The molecule has 1 atom stereocenters. The van der Waals surface area contributed by atoms with Crippen LogP contribution in [0.2, 0.25) is 0 Å². The standard InChI is InChI=1S/C19H20F3N3O3/c20-19(21,22)17-12-5-1-2-6-13(12)25(24-17)10-9-23-18(26)16-11-27-14-7-3-4-8-15(14)28-16/h3-4,7-8,16H,1-2,5-6,9-11H2,(H,23,26)/t16-/m0/s1. The summed E-state index contributed by atoms with van der Waals surface area (Å²) in [6.45, 7) is 0.415. The third-order valence-electron chi connectivity index (χ3n) is 4.95. The Balaban J connectivity index is 1.38. The number of fused-ring (bicyclic) bond motifs is 2. The highest BCUT2D eigenvalue weighted by Crippen LogP contribution is 2.35. The number of hydrogen-bond acceptors (Lipinski definition) is 4. The van der Waals surface area contributed by atoms with Crippen molar-refractivity contribution in [3.63, 3.8) is 0 Å². The second-order valence-corrected chi connectivity index (χ2v) is 6.86. The summed E-state index contributed by atoms with van der Waals surface area (Å²) in [7, 11) is 0. The van der Waals surface area contributed by atoms with Gasteiger partial charge in [-0.2, -0.15) is 18.3 Å². The van der Waals surface area contributed by atoms with E-state index in [0.717, 1.165) is 12.8 Å². The molecule has 0 saturated heterocycles. The maximum absolute atomic E-state index is 13.2. The number of ether oxygens (including phenoxy) is 2. The van der Waals surface area contributed by atoms with Crippen LogP contribution in [0.1, 0.15) is 29.8 Å². The lowest BCUT2D eigenvalue weighted by molar-refractivity contribution is -0.142. The van der Waals surface area contributed by atoms with Crippen LogP contribution in [0.15, 0.2) is 24.3 Å². The van der Waals surface area contributed by atoms with Crippen molar-refractivity contribution in [2.75, 3.05) is 13.2 Å². The van der Waals surface area contributed by atoms with Crippen LogP contribution in [-0.4, -0.2) is 34.9 Å². The van der Waals surface area contributed by atoms with Gasteiger partial charge in [0.05, 0.1) is 6.54 Å². The molecule has 1 N–H and O–H groups in total. The Labute approximate surface area is 159 Å². The van der Waals surface area contributed by atoms with Gasteiger partial charge in [0, 0.05) is 17.8 Å². The number of para-hydroxylation sites is 2. The first kappa shape index (κ1) is 18.6. The number of nitrogens with one attached hydrogen (secondary N) is 1. The Hall–Kier alpha value is -2.71. The quantitative estimate of drug-likeness (QED) is 0.865. The molecule has 1 aliphatic carbocycles. The number of amides is 1. The molecule has 9 heteroatoms. The Bertz CT molecular complexity index is 879. The molecule has 2 aliphatic rings. The lowest BCUT2D eigenvalue weighted by Gasteiger charge is -2.25. The molecule has 28 heavy (non-hydrogen) atoms. The molecule has 0 bridgehead atoms. The SMILES string of the molecule is O=C(NCCn1nc(C(F)(F)F)c2c1CCCC2)[C@@H]1COc2ccccc2O1. The van der Waals surface area contributed by atoms with Crippen LogP contribution < -0.4 is 14.8 Å². The van der Waals surface area contributed by atoms with Crippen molar-refractivity contribution < 1.29 is 27.4 Å². The predicted molar refractivity (Wildman–Crippen MR) is 93.2 cm³/mol. The molecule has 0 spiro atoms. The summed E-state index contributed by atoms with van der Waals surface area (Å²) in [5.74, 6) is 0.700. The average Bonchev–Trinajstić information content (AvgIpc) is 3.07. The van der Waals surface area contributed by atoms with Crippen LogP contribution in [0.3, 0.4) is 0 Å². The first-order chi connectivity index (χ1) is 13.4. The second-order valence-electron chi connectivity index (χ2n) is 6.86. The van der Waals surface area contributed by atoms with Gasteiger partial charge in [-0.1, -0.05) is 12.1 Å². The summed E-state index contributed by atoms with van der Waals surface area (Å²) in [5.41, 5.74) is 0.124. The van der Waals surface area contributed by atoms with Gasteiger partial charge in [0.15, 0.2) is 17.2 Å². The summed E-state index contributed by atoms with van der Waals surface area (Å²) in [5, 5.41) is 6.49. The van der Waals surface area contributed by atoms with Crippen molar-refractivity contribution in [1.29, 1.82) is 0 Å². The summed E-state index contributed by atoms with van der Waals surface area (Å²) < 4.78 is 52.2. The first-order valence-corrected chi connectivity index (χ1v) is 9.25. The minimum atomic E-state index is -4.46. The van der Waals surface area contributed by atoms with E-state index in [9.17, 15) is 18.0 Å². The topological polar surface area (TPSA) is 65.4 Å². The van der Waals surface area contributed by atoms with Gasteiger partial charge >= 0.3 is 6.18 Å². The smallest absolute Gasteiger partial charge is 0.435 e. The van der Waals surface area contributed by atoms with Gasteiger partial charge in [-0.3, -0.25) is 9.48 Å². The van der Waals surface area contributed by atoms with Crippen LogP contribution >= 0.6 is 0 Å². The molecular formula is C19H20F3N3O3. The van der Waals surface area contributed by atoms with E-state index in [1.807, 2.05) is 6.07 Å². The Morgan fingerprint density at radius 2 is 1.96 bits per heavy atom. The molecule has 0 radical (unpaired) electrons. The third-order valence-corrected chi connectivity index (χ3v) is 4.95. The molecule has 0 unspecified atom stereocenters. The number of hydrogen-bond donors (Lipinski definition) is 1. The zero-order valence-electron chi connectivity index (χ0n) is 15.1. The molecule has 0 fully saturated rings. The normalized spacial score (nSPS) is 18.5. The van der Waals surface area contributed by atoms with Crippen LogP contribution in [0.25, 0.3) is 0 Å². The maximum Gasteiger partial charge on any atom is 0.435 e. The zero-order chi connectivity index (χ0) is 19.7. The second kappa shape index (κ2) is 7.37. The van der Waals surface area contributed by atoms with Crippen molar-refractivity contribution >= 4 is 5.91 Å². The summed E-state index contributed by atoms with van der Waals surface area (Å²) in [6.07, 6.45) is -2.72. The van der Waals surface area contributed by atoms with Crippen molar-refractivity contribution in [2.24, 2.45) is 0 Å². The van der Waals surface area contributed by atoms with Crippen LogP contribution in [0.5, 0.6) is 11.5 Å². The van der Waals surface area contributed by atoms with E-state index in [1.165, 1.54) is 4.68 Å². The van der Waals surface area contributed by atoms with Crippen molar-refractivity contribution in [3.05, 3.63) is 41.2 Å². The van der Waals surface area contributed by atoms with Gasteiger partial charge in [-0.05, 0) is 37.8 Å². The van der Waals surface area contributed by atoms with E-state index in [4.69, 9.17) is 9.47 Å². The van der Waals surface area contributed by atoms with Gasteiger partial charge in [0.25, 0.3) is 5.91 Å². The van der Waals surface area contributed by atoms with Gasteiger partial charge in [0.1, 0.15) is 6.61 Å². The van der Waals surface area contributed by atoms with Crippen molar-refractivity contribution in [2.45, 2.75) is 44.5 Å². The summed E-state index contributed by atoms with van der Waals surface area (Å²) in [4.78, 5) is 12.3. The van der Waals surface area contributed by atoms with E-state index >= 15 is 0 Å². The molecule has 0 saturated carbocycles. The molecule has 1 aliphatic heterocycles. The maximum atomic E-state index is 13.2. The highest BCUT2D eigenvalue weighted by atomic mass is 19.4. The fourth-order valence-corrected chi connectivity index (χ4v) is 3.63. The number of carbonyl (C=O) groups is 1. The van der Waals surface area contributed by atoms with Crippen LogP contribution in [0, 0.1) is 0 Å². The predicted octanol–water partition coefficient (Wildman–Crippen LogP) is 2.74. The number of carbonyl (C=O) groups excluding carboxylic acids is 1. The van der Waals surface area contributed by atoms with Crippen LogP contribution in [-0.2, 0) is 30.4 Å². The number of benzene rings is 1. The summed E-state index contributed by atoms with van der Waals surface area (Å²) >= 11 is 0. The molecule has 2 aromatic rings. The van der Waals surface area contributed by atoms with E-state index in [2.05, 4.69) is 10.4 Å². The Morgan fingerprint density at radius 3 is 2.75 bits per heavy atom. The number of aromatic nitrogens is 2. The molecule has 6 nitrogen and oxygen atoms in total. The number of halogens is 3. The number of alkyl halides is 3. The van der Waals surface area contributed by atoms with Gasteiger partial charge < -0.3 is 14.8 Å². The van der Waals surface area contributed by atoms with E-state index in [1.54, 1.807) is 18.2 Å². The molecule has 1 aromatic heterocycles. The molecule has 1 amide bonds. The fraction of sp³-hybridized carbons (Fsp3) is 0.474. The highest BCUT2D eigenvalue weighted by molar-refractivity contribution is 5.81. The van der Waals surface area contributed by atoms with Crippen LogP contribution in [0.4, 0.5) is 13.2 Å². The minimum absolute atomic E-state index is 0.0816. The number of nitrogens with zero attached hydrogens (tertiary/aromatic N) is 2. The molecular weight excluding hydrogens is 375 g/mol. The lowest BCUT2D eigenvalue weighted by atomic mass is 9.95. The molecule has 1 aromatic carbocycles. The summed E-state index contributed by atoms with van der Waals surface area (Å²) in [6, 6.07) is 7.05. The third kappa shape index (κ3) is 3.65. The van der Waals surface area contributed by atoms with Gasteiger partial charge in [-0.15, -0.1) is 0 Å². The van der Waals surface area contributed by atoms with Crippen molar-refractivity contribution in [1.82, 2.24) is 15.1 Å². The Morgan fingerprint density at radius 1 is 1.21 bits per heavy atom. The largest absolute Gasteiger partial charge is 0.485 e. The highest BCUT2D eigenvalue weighted by Gasteiger charge is 2.39. The zero-order valence-corrected chi connectivity index (χ0v) is 15.1. The first-order valence-electron chi connectivity index (χ1n) is 9.25. The minimum Gasteiger partial charge on any atom is -0.485 e. The van der Waals surface area contributed by atoms with E-state index < -0.39 is 18.0 Å². The fourth-order valence-electron chi connectivity index (χ4n) is 3.63. The lowest BCUT2D eigenvalue weighted by Crippen LogP contribution is -2.44. The molecule has 4 rings (SSSR count). The molecule has 2 heterocycles. The number of rotatable bonds is 4. The van der Waals surface area contributed by atoms with E-state index in [0.29, 0.717) is 35.6 Å². The average molecular weight is 395 g/mol.